The maximum Gasteiger partial charge on any atom is 0.234 e. The van der Waals surface area contributed by atoms with Crippen LogP contribution in [-0.4, -0.2) is 34.2 Å². The van der Waals surface area contributed by atoms with Crippen LogP contribution in [-0.2, 0) is 4.79 Å². The van der Waals surface area contributed by atoms with Crippen molar-refractivity contribution in [1.29, 1.82) is 0 Å². The van der Waals surface area contributed by atoms with Crippen molar-refractivity contribution >= 4 is 11.7 Å². The van der Waals surface area contributed by atoms with E-state index < -0.39 is 11.5 Å². The second kappa shape index (κ2) is 5.14. The third-order valence-electron chi connectivity index (χ3n) is 4.29. The van der Waals surface area contributed by atoms with E-state index in [9.17, 15) is 9.90 Å². The second-order valence-corrected chi connectivity index (χ2v) is 5.35. The number of carbonyl (C=O) groups is 1. The third-order valence-corrected chi connectivity index (χ3v) is 4.29. The molecule has 0 aromatic heterocycles. The lowest BCUT2D eigenvalue weighted by Gasteiger charge is -2.40. The van der Waals surface area contributed by atoms with Crippen molar-refractivity contribution in [3.8, 4) is 0 Å². The van der Waals surface area contributed by atoms with E-state index in [-0.39, 0.29) is 17.8 Å². The molecule has 0 aromatic rings. The first-order chi connectivity index (χ1) is 8.60. The summed E-state index contributed by atoms with van der Waals surface area (Å²) < 4.78 is 0. The number of nitrogens with one attached hydrogen (secondary N) is 1. The summed E-state index contributed by atoms with van der Waals surface area (Å²) in [6.07, 6.45) is 5.16. The summed E-state index contributed by atoms with van der Waals surface area (Å²) in [6, 6.07) is -0.199. The molecule has 5 N–H and O–H groups in total. The molecule has 6 heteroatoms. The first-order valence-electron chi connectivity index (χ1n) is 6.57. The first kappa shape index (κ1) is 13.1. The Hall–Kier alpha value is -1.30. The Balaban J connectivity index is 2.02. The van der Waals surface area contributed by atoms with Gasteiger partial charge in [-0.15, -0.1) is 0 Å². The lowest BCUT2D eigenvalue weighted by atomic mass is 9.67. The molecule has 2 atom stereocenters. The zero-order chi connectivity index (χ0) is 13.2. The van der Waals surface area contributed by atoms with Crippen molar-refractivity contribution in [2.24, 2.45) is 16.3 Å². The SMILES string of the molecule is NC(=NO)C1(C(=O)NC2CCCCC2O)CCC1. The van der Waals surface area contributed by atoms with Gasteiger partial charge in [-0.05, 0) is 25.7 Å². The average molecular weight is 255 g/mol. The standard InChI is InChI=1S/C12H21N3O3/c13-10(15-18)12(6-3-7-12)11(17)14-8-4-1-2-5-9(8)16/h8-9,16,18H,1-7H2,(H2,13,15)(H,14,17). The van der Waals surface area contributed by atoms with Crippen molar-refractivity contribution in [1.82, 2.24) is 5.32 Å². The Kier molecular flexibility index (Phi) is 3.75. The number of nitrogens with two attached hydrogens (primary N) is 1. The van der Waals surface area contributed by atoms with Crippen molar-refractivity contribution in [3.63, 3.8) is 0 Å². The monoisotopic (exact) mass is 255 g/mol. The number of aliphatic hydroxyl groups is 1. The molecule has 18 heavy (non-hydrogen) atoms. The summed E-state index contributed by atoms with van der Waals surface area (Å²) in [5.41, 5.74) is 4.78. The van der Waals surface area contributed by atoms with Crippen molar-refractivity contribution in [2.75, 3.05) is 0 Å². The fourth-order valence-electron chi connectivity index (χ4n) is 2.81. The van der Waals surface area contributed by atoms with Gasteiger partial charge in [-0.25, -0.2) is 0 Å². The maximum atomic E-state index is 12.3. The molecule has 102 valence electrons. The number of nitrogens with zero attached hydrogens (tertiary/aromatic N) is 1. The van der Waals surface area contributed by atoms with Crippen LogP contribution in [0.2, 0.25) is 0 Å². The zero-order valence-corrected chi connectivity index (χ0v) is 10.4. The molecular weight excluding hydrogens is 234 g/mol. The van der Waals surface area contributed by atoms with E-state index >= 15 is 0 Å². The van der Waals surface area contributed by atoms with Crippen LogP contribution in [0.5, 0.6) is 0 Å². The molecule has 0 aromatic carbocycles. The molecule has 6 nitrogen and oxygen atoms in total. The topological polar surface area (TPSA) is 108 Å². The molecule has 0 spiro atoms. The lowest BCUT2D eigenvalue weighted by Crippen LogP contribution is -2.58. The molecular formula is C12H21N3O3. The van der Waals surface area contributed by atoms with Crippen LogP contribution >= 0.6 is 0 Å². The highest BCUT2D eigenvalue weighted by Gasteiger charge is 2.49. The van der Waals surface area contributed by atoms with Gasteiger partial charge < -0.3 is 21.4 Å². The van der Waals surface area contributed by atoms with Crippen molar-refractivity contribution in [3.05, 3.63) is 0 Å². The predicted octanol–water partition coefficient (Wildman–Crippen LogP) is 0.323. The van der Waals surface area contributed by atoms with Gasteiger partial charge in [0.2, 0.25) is 5.91 Å². The fourth-order valence-corrected chi connectivity index (χ4v) is 2.81. The van der Waals surface area contributed by atoms with Gasteiger partial charge in [0.1, 0.15) is 5.41 Å². The Morgan fingerprint density at radius 2 is 1.94 bits per heavy atom. The summed E-state index contributed by atoms with van der Waals surface area (Å²) >= 11 is 0. The molecule has 2 fully saturated rings. The van der Waals surface area contributed by atoms with Gasteiger partial charge in [0.05, 0.1) is 12.1 Å². The Labute approximate surface area is 106 Å². The highest BCUT2D eigenvalue weighted by atomic mass is 16.4. The molecule has 2 unspecified atom stereocenters. The number of amidine groups is 1. The minimum atomic E-state index is -0.855. The summed E-state index contributed by atoms with van der Waals surface area (Å²) in [5, 5.41) is 24.5. The van der Waals surface area contributed by atoms with Gasteiger partial charge in [0.15, 0.2) is 5.84 Å². The number of hydrogen-bond donors (Lipinski definition) is 4. The Bertz CT molecular complexity index is 352. The maximum absolute atomic E-state index is 12.3. The molecule has 2 aliphatic carbocycles. The molecule has 1 amide bonds. The van der Waals surface area contributed by atoms with Crippen molar-refractivity contribution < 1.29 is 15.1 Å². The van der Waals surface area contributed by atoms with Gasteiger partial charge in [-0.1, -0.05) is 24.4 Å². The molecule has 2 rings (SSSR count). The molecule has 2 aliphatic rings. The largest absolute Gasteiger partial charge is 0.409 e. The summed E-state index contributed by atoms with van der Waals surface area (Å²) in [4.78, 5) is 12.3. The molecule has 0 radical (unpaired) electrons. The Morgan fingerprint density at radius 3 is 2.44 bits per heavy atom. The first-order valence-corrected chi connectivity index (χ1v) is 6.57. The number of oxime groups is 1. The number of amides is 1. The van der Waals surface area contributed by atoms with Crippen molar-refractivity contribution in [2.45, 2.75) is 57.1 Å². The average Bonchev–Trinajstić information content (AvgIpc) is 2.30. The molecule has 2 saturated carbocycles. The Morgan fingerprint density at radius 1 is 1.28 bits per heavy atom. The van der Waals surface area contributed by atoms with Crippen LogP contribution in [0.4, 0.5) is 0 Å². The lowest BCUT2D eigenvalue weighted by molar-refractivity contribution is -0.133. The van der Waals surface area contributed by atoms with E-state index in [1.165, 1.54) is 0 Å². The minimum absolute atomic E-state index is 0.0171. The van der Waals surface area contributed by atoms with Gasteiger partial charge in [0.25, 0.3) is 0 Å². The van der Waals surface area contributed by atoms with Gasteiger partial charge in [0, 0.05) is 0 Å². The molecule has 0 bridgehead atoms. The highest BCUT2D eigenvalue weighted by Crippen LogP contribution is 2.41. The van der Waals surface area contributed by atoms with Gasteiger partial charge in [-0.2, -0.15) is 0 Å². The zero-order valence-electron chi connectivity index (χ0n) is 10.4. The predicted molar refractivity (Wildman–Crippen MR) is 66.1 cm³/mol. The van der Waals surface area contributed by atoms with E-state index in [1.54, 1.807) is 0 Å². The van der Waals surface area contributed by atoms with E-state index in [0.29, 0.717) is 12.8 Å². The number of rotatable bonds is 3. The van der Waals surface area contributed by atoms with Crippen LogP contribution in [0.1, 0.15) is 44.9 Å². The molecule has 0 heterocycles. The summed E-state index contributed by atoms with van der Waals surface area (Å²) in [6.45, 7) is 0. The minimum Gasteiger partial charge on any atom is -0.409 e. The summed E-state index contributed by atoms with van der Waals surface area (Å²) in [5.74, 6) is -0.230. The van der Waals surface area contributed by atoms with E-state index in [0.717, 1.165) is 32.1 Å². The van der Waals surface area contributed by atoms with Gasteiger partial charge >= 0.3 is 0 Å². The number of carbonyl (C=O) groups excluding carboxylic acids is 1. The second-order valence-electron chi connectivity index (χ2n) is 5.35. The van der Waals surface area contributed by atoms with Crippen LogP contribution in [0.15, 0.2) is 5.16 Å². The van der Waals surface area contributed by atoms with Gasteiger partial charge in [-0.3, -0.25) is 4.79 Å². The normalized spacial score (nSPS) is 31.5. The van der Waals surface area contributed by atoms with Crippen LogP contribution < -0.4 is 11.1 Å². The quantitative estimate of drug-likeness (QED) is 0.252. The third kappa shape index (κ3) is 2.16. The van der Waals surface area contributed by atoms with E-state index in [2.05, 4.69) is 10.5 Å². The van der Waals surface area contributed by atoms with E-state index in [4.69, 9.17) is 10.9 Å². The molecule has 0 saturated heterocycles. The fraction of sp³-hybridized carbons (Fsp3) is 0.833. The number of hydrogen-bond acceptors (Lipinski definition) is 4. The van der Waals surface area contributed by atoms with E-state index in [1.807, 2.05) is 0 Å². The molecule has 0 aliphatic heterocycles. The van der Waals surface area contributed by atoms with Crippen LogP contribution in [0, 0.1) is 5.41 Å². The van der Waals surface area contributed by atoms with Crippen LogP contribution in [0.3, 0.4) is 0 Å². The highest BCUT2D eigenvalue weighted by molar-refractivity contribution is 6.07. The summed E-state index contributed by atoms with van der Waals surface area (Å²) in [7, 11) is 0. The van der Waals surface area contributed by atoms with Crippen LogP contribution in [0.25, 0.3) is 0 Å². The number of aliphatic hydroxyl groups excluding tert-OH is 1. The smallest absolute Gasteiger partial charge is 0.234 e.